The quantitative estimate of drug-likeness (QED) is 0.737. The molecule has 0 spiro atoms. The van der Waals surface area contributed by atoms with Gasteiger partial charge in [-0.25, -0.2) is 0 Å². The van der Waals surface area contributed by atoms with Crippen LogP contribution in [0.4, 0.5) is 0 Å². The van der Waals surface area contributed by atoms with Gasteiger partial charge in [0, 0.05) is 17.2 Å². The Balaban J connectivity index is 2.78. The molecular weight excluding hydrogens is 222 g/mol. The Morgan fingerprint density at radius 2 is 1.38 bits per heavy atom. The summed E-state index contributed by atoms with van der Waals surface area (Å²) in [6.07, 6.45) is 0.249. The Morgan fingerprint density at radius 1 is 0.938 bits per heavy atom. The van der Waals surface area contributed by atoms with Crippen molar-refractivity contribution in [2.45, 2.75) is 39.9 Å². The first-order valence-electron chi connectivity index (χ1n) is 5.55. The normalized spacial score (nSPS) is 11.2. The molecule has 0 unspecified atom stereocenters. The van der Waals surface area contributed by atoms with E-state index in [0.29, 0.717) is 0 Å². The van der Waals surface area contributed by atoms with Gasteiger partial charge >= 0.3 is 7.12 Å². The first kappa shape index (κ1) is 13.6. The van der Waals surface area contributed by atoms with E-state index in [1.165, 1.54) is 0 Å². The molecule has 0 aliphatic rings. The first-order valence-corrected chi connectivity index (χ1v) is 5.93. The van der Waals surface area contributed by atoms with Gasteiger partial charge in [0.25, 0.3) is 0 Å². The van der Waals surface area contributed by atoms with Gasteiger partial charge in [0.05, 0.1) is 0 Å². The van der Waals surface area contributed by atoms with E-state index in [4.69, 9.17) is 20.9 Å². The number of benzene rings is 1. The predicted molar refractivity (Wildman–Crippen MR) is 69.3 cm³/mol. The fourth-order valence-corrected chi connectivity index (χ4v) is 1.43. The van der Waals surface area contributed by atoms with E-state index in [1.807, 2.05) is 52.0 Å². The van der Waals surface area contributed by atoms with Crippen LogP contribution >= 0.6 is 11.6 Å². The molecule has 0 aromatic heterocycles. The third-order valence-corrected chi connectivity index (χ3v) is 2.19. The number of hydrogen-bond donors (Lipinski definition) is 0. The number of halogens is 1. The molecule has 2 nitrogen and oxygen atoms in total. The lowest BCUT2D eigenvalue weighted by Gasteiger charge is -2.19. The average molecular weight is 241 g/mol. The molecule has 16 heavy (non-hydrogen) atoms. The molecule has 88 valence electrons. The monoisotopic (exact) mass is 240 g/mol. The van der Waals surface area contributed by atoms with Crippen LogP contribution in [0.5, 0.6) is 0 Å². The van der Waals surface area contributed by atoms with Gasteiger partial charge in [0.15, 0.2) is 0 Å². The van der Waals surface area contributed by atoms with E-state index in [-0.39, 0.29) is 19.3 Å². The van der Waals surface area contributed by atoms with E-state index in [0.717, 1.165) is 10.5 Å². The van der Waals surface area contributed by atoms with Crippen molar-refractivity contribution in [2.24, 2.45) is 0 Å². The maximum absolute atomic E-state index is 5.85. The molecule has 0 atom stereocenters. The number of rotatable bonds is 5. The average Bonchev–Trinajstić information content (AvgIpc) is 2.16. The van der Waals surface area contributed by atoms with Crippen LogP contribution in [0.1, 0.15) is 27.7 Å². The van der Waals surface area contributed by atoms with Gasteiger partial charge in [-0.1, -0.05) is 23.7 Å². The summed E-state index contributed by atoms with van der Waals surface area (Å²) < 4.78 is 11.4. The summed E-state index contributed by atoms with van der Waals surface area (Å²) in [5.41, 5.74) is 0.992. The molecule has 0 fully saturated rings. The summed E-state index contributed by atoms with van der Waals surface area (Å²) in [4.78, 5) is 0. The third kappa shape index (κ3) is 4.56. The van der Waals surface area contributed by atoms with Gasteiger partial charge in [-0.2, -0.15) is 0 Å². The van der Waals surface area contributed by atoms with E-state index in [1.54, 1.807) is 0 Å². The zero-order valence-electron chi connectivity index (χ0n) is 10.2. The molecule has 0 aliphatic heterocycles. The molecule has 1 aromatic carbocycles. The van der Waals surface area contributed by atoms with Gasteiger partial charge < -0.3 is 9.31 Å². The summed E-state index contributed by atoms with van der Waals surface area (Å²) in [5, 5.41) is 0.719. The summed E-state index contributed by atoms with van der Waals surface area (Å²) in [5.74, 6) is 0. The lowest BCUT2D eigenvalue weighted by atomic mass is 9.78. The van der Waals surface area contributed by atoms with Crippen molar-refractivity contribution >= 4 is 24.2 Å². The Morgan fingerprint density at radius 3 is 1.75 bits per heavy atom. The Hall–Kier alpha value is -0.505. The molecule has 0 heterocycles. The molecule has 4 heteroatoms. The van der Waals surface area contributed by atoms with Crippen LogP contribution in [0.15, 0.2) is 24.3 Å². The van der Waals surface area contributed by atoms with E-state index < -0.39 is 0 Å². The zero-order valence-corrected chi connectivity index (χ0v) is 11.0. The van der Waals surface area contributed by atoms with Gasteiger partial charge in [-0.15, -0.1) is 0 Å². The maximum Gasteiger partial charge on any atom is 0.494 e. The summed E-state index contributed by atoms with van der Waals surface area (Å²) in [7, 11) is -0.322. The standard InChI is InChI=1S/C12H18BClO2/c1-9(2)15-13(16-10(3)4)11-5-7-12(14)8-6-11/h5-10H,1-4H3. The molecule has 0 N–H and O–H groups in total. The van der Waals surface area contributed by atoms with Crippen LogP contribution in [0.3, 0.4) is 0 Å². The molecule has 0 saturated carbocycles. The van der Waals surface area contributed by atoms with Crippen LogP contribution in [0.2, 0.25) is 5.02 Å². The van der Waals surface area contributed by atoms with Crippen molar-refractivity contribution in [3.8, 4) is 0 Å². The molecular formula is C12H18BClO2. The minimum Gasteiger partial charge on any atom is -0.405 e. The molecule has 1 rings (SSSR count). The second-order valence-electron chi connectivity index (χ2n) is 4.25. The third-order valence-electron chi connectivity index (χ3n) is 1.93. The van der Waals surface area contributed by atoms with Crippen molar-refractivity contribution in [1.29, 1.82) is 0 Å². The van der Waals surface area contributed by atoms with Gasteiger partial charge in [-0.05, 0) is 45.3 Å². The molecule has 0 bridgehead atoms. The lowest BCUT2D eigenvalue weighted by molar-refractivity contribution is 0.139. The molecule has 0 radical (unpaired) electrons. The van der Waals surface area contributed by atoms with Crippen molar-refractivity contribution < 1.29 is 9.31 Å². The van der Waals surface area contributed by atoms with Crippen molar-refractivity contribution in [3.63, 3.8) is 0 Å². The summed E-state index contributed by atoms with van der Waals surface area (Å²) >= 11 is 5.85. The highest BCUT2D eigenvalue weighted by molar-refractivity contribution is 6.61. The lowest BCUT2D eigenvalue weighted by Crippen LogP contribution is -2.40. The summed E-state index contributed by atoms with van der Waals surface area (Å²) in [6.45, 7) is 7.97. The van der Waals surface area contributed by atoms with Gasteiger partial charge in [0.2, 0.25) is 0 Å². The highest BCUT2D eigenvalue weighted by Gasteiger charge is 2.23. The van der Waals surface area contributed by atoms with Gasteiger partial charge in [0.1, 0.15) is 0 Å². The van der Waals surface area contributed by atoms with E-state index in [2.05, 4.69) is 0 Å². The highest BCUT2D eigenvalue weighted by atomic mass is 35.5. The fourth-order valence-electron chi connectivity index (χ4n) is 1.30. The zero-order chi connectivity index (χ0) is 12.1. The van der Waals surface area contributed by atoms with Crippen LogP contribution in [0.25, 0.3) is 0 Å². The second kappa shape index (κ2) is 6.28. The summed E-state index contributed by atoms with van der Waals surface area (Å²) in [6, 6.07) is 7.55. The molecule has 0 saturated heterocycles. The molecule has 0 amide bonds. The minimum atomic E-state index is -0.322. The second-order valence-corrected chi connectivity index (χ2v) is 4.69. The van der Waals surface area contributed by atoms with Crippen molar-refractivity contribution in [2.75, 3.05) is 0 Å². The van der Waals surface area contributed by atoms with Crippen molar-refractivity contribution in [1.82, 2.24) is 0 Å². The molecule has 1 aromatic rings. The highest BCUT2D eigenvalue weighted by Crippen LogP contribution is 2.07. The van der Waals surface area contributed by atoms with Crippen molar-refractivity contribution in [3.05, 3.63) is 29.3 Å². The fraction of sp³-hybridized carbons (Fsp3) is 0.500. The Kier molecular flexibility index (Phi) is 5.33. The van der Waals surface area contributed by atoms with Crippen LogP contribution < -0.4 is 5.46 Å². The molecule has 0 aliphatic carbocycles. The Labute approximate surface area is 103 Å². The maximum atomic E-state index is 5.85. The SMILES string of the molecule is CC(C)OB(OC(C)C)c1ccc(Cl)cc1. The topological polar surface area (TPSA) is 18.5 Å². The van der Waals surface area contributed by atoms with E-state index >= 15 is 0 Å². The smallest absolute Gasteiger partial charge is 0.405 e. The van der Waals surface area contributed by atoms with E-state index in [9.17, 15) is 0 Å². The largest absolute Gasteiger partial charge is 0.494 e. The number of hydrogen-bond acceptors (Lipinski definition) is 2. The first-order chi connectivity index (χ1) is 7.49. The predicted octanol–water partition coefficient (Wildman–Crippen LogP) is 2.89. The van der Waals surface area contributed by atoms with Crippen LogP contribution in [-0.4, -0.2) is 19.3 Å². The van der Waals surface area contributed by atoms with Crippen LogP contribution in [-0.2, 0) is 9.31 Å². The Bertz CT molecular complexity index is 301. The minimum absolute atomic E-state index is 0.124. The van der Waals surface area contributed by atoms with Crippen LogP contribution in [0, 0.1) is 0 Å². The van der Waals surface area contributed by atoms with Gasteiger partial charge in [-0.3, -0.25) is 0 Å².